The van der Waals surface area contributed by atoms with Crippen molar-refractivity contribution in [2.45, 2.75) is 25.8 Å². The van der Waals surface area contributed by atoms with Crippen LogP contribution in [0.15, 0.2) is 55.1 Å². The van der Waals surface area contributed by atoms with Crippen molar-refractivity contribution in [1.82, 2.24) is 29.7 Å². The molecule has 28 heavy (non-hydrogen) atoms. The van der Waals surface area contributed by atoms with E-state index in [0.717, 1.165) is 33.9 Å². The van der Waals surface area contributed by atoms with Crippen molar-refractivity contribution in [3.63, 3.8) is 0 Å². The lowest BCUT2D eigenvalue weighted by atomic mass is 9.93. The summed E-state index contributed by atoms with van der Waals surface area (Å²) in [7, 11) is 0. The zero-order valence-electron chi connectivity index (χ0n) is 15.3. The van der Waals surface area contributed by atoms with E-state index >= 15 is 0 Å². The second-order valence-electron chi connectivity index (χ2n) is 6.97. The summed E-state index contributed by atoms with van der Waals surface area (Å²) in [6, 6.07) is 9.68. The Bertz CT molecular complexity index is 1170. The van der Waals surface area contributed by atoms with Crippen LogP contribution >= 0.6 is 0 Å². The minimum atomic E-state index is -0.160. The Morgan fingerprint density at radius 3 is 2.75 bits per heavy atom. The maximum absolute atomic E-state index is 12.3. The van der Waals surface area contributed by atoms with Gasteiger partial charge in [0, 0.05) is 37.1 Å². The summed E-state index contributed by atoms with van der Waals surface area (Å²) in [5.41, 5.74) is 5.53. The Morgan fingerprint density at radius 1 is 1.11 bits per heavy atom. The number of carbonyl (C=O) groups excluding carboxylic acids is 1. The number of rotatable bonds is 2. The van der Waals surface area contributed by atoms with Crippen LogP contribution in [0.4, 0.5) is 0 Å². The molecule has 1 N–H and O–H groups in total. The van der Waals surface area contributed by atoms with E-state index in [-0.39, 0.29) is 11.8 Å². The highest BCUT2D eigenvalue weighted by molar-refractivity contribution is 5.78. The molecule has 1 unspecified atom stereocenters. The molecule has 0 saturated heterocycles. The fourth-order valence-electron chi connectivity index (χ4n) is 3.67. The third kappa shape index (κ3) is 2.81. The van der Waals surface area contributed by atoms with Crippen LogP contribution in [0.1, 0.15) is 34.9 Å². The van der Waals surface area contributed by atoms with Crippen LogP contribution in [0.25, 0.3) is 17.2 Å². The second-order valence-corrected chi connectivity index (χ2v) is 6.97. The zero-order chi connectivity index (χ0) is 19.1. The molecule has 0 aromatic carbocycles. The molecule has 138 valence electrons. The molecule has 7 nitrogen and oxygen atoms in total. The Kier molecular flexibility index (Phi) is 3.86. The van der Waals surface area contributed by atoms with Gasteiger partial charge in [0.1, 0.15) is 11.3 Å². The molecule has 0 saturated carbocycles. The molecule has 1 amide bonds. The molecular weight excluding hydrogens is 352 g/mol. The van der Waals surface area contributed by atoms with E-state index < -0.39 is 0 Å². The summed E-state index contributed by atoms with van der Waals surface area (Å²) in [5.74, 6) is 0.405. The van der Waals surface area contributed by atoms with Gasteiger partial charge in [-0.05, 0) is 36.2 Å². The van der Waals surface area contributed by atoms with Crippen molar-refractivity contribution in [1.29, 1.82) is 0 Å². The summed E-state index contributed by atoms with van der Waals surface area (Å²) in [6.45, 7) is 2.48. The first kappa shape index (κ1) is 16.6. The first-order valence-corrected chi connectivity index (χ1v) is 9.16. The van der Waals surface area contributed by atoms with Gasteiger partial charge in [-0.25, -0.2) is 15.0 Å². The van der Waals surface area contributed by atoms with Gasteiger partial charge in [-0.1, -0.05) is 12.1 Å². The van der Waals surface area contributed by atoms with Gasteiger partial charge in [0.25, 0.3) is 0 Å². The lowest BCUT2D eigenvalue weighted by molar-refractivity contribution is -0.121. The number of fused-ring (bicyclic) bond motifs is 3. The van der Waals surface area contributed by atoms with Crippen LogP contribution in [0, 0.1) is 6.92 Å². The summed E-state index contributed by atoms with van der Waals surface area (Å²) >= 11 is 0. The van der Waals surface area contributed by atoms with Gasteiger partial charge in [0.2, 0.25) is 5.91 Å². The van der Waals surface area contributed by atoms with Crippen molar-refractivity contribution < 1.29 is 4.79 Å². The van der Waals surface area contributed by atoms with E-state index in [2.05, 4.69) is 30.9 Å². The van der Waals surface area contributed by atoms with E-state index in [0.29, 0.717) is 18.8 Å². The molecule has 4 aromatic rings. The summed E-state index contributed by atoms with van der Waals surface area (Å²) in [4.78, 5) is 30.3. The number of hydrogen-bond donors (Lipinski definition) is 1. The Morgan fingerprint density at radius 2 is 1.96 bits per heavy atom. The lowest BCUT2D eigenvalue weighted by Gasteiger charge is -2.15. The molecule has 1 atom stereocenters. The van der Waals surface area contributed by atoms with Crippen LogP contribution < -0.4 is 5.32 Å². The highest BCUT2D eigenvalue weighted by Gasteiger charge is 2.29. The average Bonchev–Trinajstić information content (AvgIpc) is 2.99. The van der Waals surface area contributed by atoms with Crippen LogP contribution in [-0.4, -0.2) is 30.2 Å². The molecule has 7 heteroatoms. The van der Waals surface area contributed by atoms with Crippen LogP contribution in [0.2, 0.25) is 0 Å². The maximum Gasteiger partial charge on any atom is 0.221 e. The minimum Gasteiger partial charge on any atom is -0.350 e. The molecule has 0 bridgehead atoms. The topological polar surface area (TPSA) is 85.1 Å². The van der Waals surface area contributed by atoms with Crippen molar-refractivity contribution in [2.24, 2.45) is 0 Å². The first-order chi connectivity index (χ1) is 13.7. The van der Waals surface area contributed by atoms with E-state index in [4.69, 9.17) is 4.98 Å². The van der Waals surface area contributed by atoms with Gasteiger partial charge in [-0.2, -0.15) is 0 Å². The largest absolute Gasteiger partial charge is 0.350 e. The number of amides is 1. The van der Waals surface area contributed by atoms with E-state index in [9.17, 15) is 4.79 Å². The van der Waals surface area contributed by atoms with Crippen LogP contribution in [0.5, 0.6) is 0 Å². The highest BCUT2D eigenvalue weighted by atomic mass is 16.1. The fourth-order valence-corrected chi connectivity index (χ4v) is 3.67. The standard InChI is InChI=1S/C21H18N6O/c1-13-5-6-18-26-17-11-23-19(28)8-15(20(17)27(18)12-13)14-9-24-21(25-10-14)16-4-2-3-7-22-16/h2-7,9-10,12,15H,8,11H2,1H3,(H,23,28). The highest BCUT2D eigenvalue weighted by Crippen LogP contribution is 2.33. The molecule has 1 aliphatic rings. The molecule has 0 spiro atoms. The Labute approximate surface area is 161 Å². The number of nitrogens with one attached hydrogen (secondary N) is 1. The van der Waals surface area contributed by atoms with Crippen LogP contribution in [-0.2, 0) is 11.3 Å². The lowest BCUT2D eigenvalue weighted by Crippen LogP contribution is -2.21. The number of carbonyl (C=O) groups is 1. The maximum atomic E-state index is 12.3. The van der Waals surface area contributed by atoms with Gasteiger partial charge >= 0.3 is 0 Å². The summed E-state index contributed by atoms with van der Waals surface area (Å²) < 4.78 is 2.09. The average molecular weight is 370 g/mol. The minimum absolute atomic E-state index is 0.00166. The molecule has 5 rings (SSSR count). The molecule has 5 heterocycles. The van der Waals surface area contributed by atoms with Crippen molar-refractivity contribution in [3.05, 3.63) is 77.6 Å². The van der Waals surface area contributed by atoms with Gasteiger partial charge < -0.3 is 9.72 Å². The fraction of sp³-hybridized carbons (Fsp3) is 0.190. The number of pyridine rings is 2. The van der Waals surface area contributed by atoms with Crippen molar-refractivity contribution in [3.8, 4) is 11.5 Å². The number of hydrogen-bond acceptors (Lipinski definition) is 5. The monoisotopic (exact) mass is 370 g/mol. The number of aryl methyl sites for hydroxylation is 1. The van der Waals surface area contributed by atoms with E-state index in [1.54, 1.807) is 18.6 Å². The molecule has 1 aliphatic heterocycles. The SMILES string of the molecule is Cc1ccc2nc3c(n2c1)C(c1cnc(-c2ccccn2)nc1)CC(=O)NC3. The third-order valence-electron chi connectivity index (χ3n) is 5.02. The Balaban J connectivity index is 1.62. The number of nitrogens with zero attached hydrogens (tertiary/aromatic N) is 5. The molecule has 4 aromatic heterocycles. The van der Waals surface area contributed by atoms with Gasteiger partial charge in [-0.3, -0.25) is 9.78 Å². The smallest absolute Gasteiger partial charge is 0.221 e. The quantitative estimate of drug-likeness (QED) is 0.586. The van der Waals surface area contributed by atoms with Crippen LogP contribution in [0.3, 0.4) is 0 Å². The zero-order valence-corrected chi connectivity index (χ0v) is 15.3. The van der Waals surface area contributed by atoms with E-state index in [1.807, 2.05) is 37.3 Å². The predicted octanol–water partition coefficient (Wildman–Crippen LogP) is 2.65. The van der Waals surface area contributed by atoms with Gasteiger partial charge in [0.15, 0.2) is 5.82 Å². The van der Waals surface area contributed by atoms with Crippen molar-refractivity contribution >= 4 is 11.6 Å². The second kappa shape index (κ2) is 6.53. The molecular formula is C21H18N6O. The summed E-state index contributed by atoms with van der Waals surface area (Å²) in [6.07, 6.45) is 7.70. The predicted molar refractivity (Wildman–Crippen MR) is 103 cm³/mol. The molecule has 0 radical (unpaired) electrons. The van der Waals surface area contributed by atoms with Gasteiger partial charge in [-0.15, -0.1) is 0 Å². The van der Waals surface area contributed by atoms with Crippen molar-refractivity contribution in [2.75, 3.05) is 0 Å². The number of aromatic nitrogens is 5. The van der Waals surface area contributed by atoms with Gasteiger partial charge in [0.05, 0.1) is 17.9 Å². The van der Waals surface area contributed by atoms with E-state index in [1.165, 1.54) is 0 Å². The molecule has 0 aliphatic carbocycles. The summed E-state index contributed by atoms with van der Waals surface area (Å²) in [5, 5.41) is 2.95. The Hall–Kier alpha value is -3.61. The first-order valence-electron chi connectivity index (χ1n) is 9.16. The third-order valence-corrected chi connectivity index (χ3v) is 5.02. The molecule has 0 fully saturated rings. The normalized spacial score (nSPS) is 16.5. The number of imidazole rings is 1.